The zero-order chi connectivity index (χ0) is 32.4. The molecule has 0 spiro atoms. The first-order valence-corrected chi connectivity index (χ1v) is 16.1. The summed E-state index contributed by atoms with van der Waals surface area (Å²) in [6, 6.07) is 14.6. The SMILES string of the molecule is CCCCCCCN1C(=O)/C(=c2\sc3n(c2=O)C(c2ccc(OC(=O)c4ccco4)c(C(=O)OC)c2)C=C(C)N=3)c2ccccc21. The number of aromatic nitrogens is 1. The molecule has 1 amide bonds. The molecule has 0 N–H and O–H groups in total. The number of furan rings is 1. The fraction of sp³-hybridized carbons (Fsp3) is 0.286. The fourth-order valence-electron chi connectivity index (χ4n) is 5.83. The molecule has 2 aromatic carbocycles. The second-order valence-electron chi connectivity index (χ2n) is 11.1. The predicted molar refractivity (Wildman–Crippen MR) is 173 cm³/mol. The van der Waals surface area contributed by atoms with E-state index in [1.165, 1.54) is 47.5 Å². The van der Waals surface area contributed by atoms with Crippen LogP contribution in [0.2, 0.25) is 0 Å². The number of carbonyl (C=O) groups is 3. The third-order valence-corrected chi connectivity index (χ3v) is 9.13. The number of fused-ring (bicyclic) bond motifs is 2. The summed E-state index contributed by atoms with van der Waals surface area (Å²) in [5.41, 5.74) is 2.80. The van der Waals surface area contributed by atoms with E-state index in [1.807, 2.05) is 37.3 Å². The number of unbranched alkanes of at least 4 members (excludes halogenated alkanes) is 4. The van der Waals surface area contributed by atoms with Crippen molar-refractivity contribution in [2.45, 2.75) is 52.0 Å². The van der Waals surface area contributed by atoms with Crippen molar-refractivity contribution in [3.8, 4) is 5.75 Å². The number of methoxy groups -OCH3 is 1. The second-order valence-corrected chi connectivity index (χ2v) is 12.1. The van der Waals surface area contributed by atoms with Gasteiger partial charge in [0, 0.05) is 17.8 Å². The minimum absolute atomic E-state index is 0.00220. The lowest BCUT2D eigenvalue weighted by Crippen LogP contribution is -2.38. The van der Waals surface area contributed by atoms with Gasteiger partial charge in [-0.05, 0) is 55.3 Å². The van der Waals surface area contributed by atoms with Gasteiger partial charge in [0.2, 0.25) is 5.76 Å². The monoisotopic (exact) mass is 639 g/mol. The summed E-state index contributed by atoms with van der Waals surface area (Å²) in [5.74, 6) is -1.72. The smallest absolute Gasteiger partial charge is 0.379 e. The summed E-state index contributed by atoms with van der Waals surface area (Å²) in [7, 11) is 1.23. The highest BCUT2D eigenvalue weighted by atomic mass is 32.1. The first kappa shape index (κ1) is 31.0. The maximum atomic E-state index is 14.2. The third-order valence-electron chi connectivity index (χ3n) is 8.07. The molecule has 10 nitrogen and oxygen atoms in total. The van der Waals surface area contributed by atoms with Gasteiger partial charge in [-0.25, -0.2) is 14.6 Å². The highest BCUT2D eigenvalue weighted by Crippen LogP contribution is 2.35. The maximum absolute atomic E-state index is 14.2. The number of benzene rings is 2. The van der Waals surface area contributed by atoms with Crippen LogP contribution in [0.1, 0.15) is 84.0 Å². The van der Waals surface area contributed by atoms with Crippen LogP contribution in [0.4, 0.5) is 5.69 Å². The molecule has 0 saturated heterocycles. The van der Waals surface area contributed by atoms with Crippen LogP contribution < -0.4 is 24.5 Å². The molecule has 1 atom stereocenters. The van der Waals surface area contributed by atoms with E-state index < -0.39 is 18.0 Å². The van der Waals surface area contributed by atoms with E-state index in [0.717, 1.165) is 43.4 Å². The Morgan fingerprint density at radius 2 is 1.80 bits per heavy atom. The molecule has 2 aliphatic heterocycles. The maximum Gasteiger partial charge on any atom is 0.379 e. The molecule has 2 aromatic heterocycles. The zero-order valence-electron chi connectivity index (χ0n) is 25.8. The molecule has 6 rings (SSSR count). The van der Waals surface area contributed by atoms with E-state index in [9.17, 15) is 19.2 Å². The molecule has 0 fully saturated rings. The number of esters is 2. The fourth-order valence-corrected chi connectivity index (χ4v) is 6.98. The molecule has 0 radical (unpaired) electrons. The van der Waals surface area contributed by atoms with Gasteiger partial charge in [-0.2, -0.15) is 0 Å². The summed E-state index contributed by atoms with van der Waals surface area (Å²) in [6.45, 7) is 4.57. The molecule has 2 aliphatic rings. The molecule has 236 valence electrons. The van der Waals surface area contributed by atoms with Crippen LogP contribution in [0.25, 0.3) is 5.57 Å². The summed E-state index contributed by atoms with van der Waals surface area (Å²) >= 11 is 1.18. The number of para-hydroxylation sites is 1. The van der Waals surface area contributed by atoms with E-state index in [1.54, 1.807) is 17.0 Å². The first-order valence-electron chi connectivity index (χ1n) is 15.2. The van der Waals surface area contributed by atoms with Crippen LogP contribution in [0.5, 0.6) is 5.75 Å². The predicted octanol–water partition coefficient (Wildman–Crippen LogP) is 5.15. The van der Waals surface area contributed by atoms with Gasteiger partial charge in [-0.3, -0.25) is 14.2 Å². The van der Waals surface area contributed by atoms with Crippen LogP contribution >= 0.6 is 11.3 Å². The van der Waals surface area contributed by atoms with Crippen LogP contribution in [0.15, 0.2) is 86.8 Å². The average Bonchev–Trinajstić information content (AvgIpc) is 3.77. The van der Waals surface area contributed by atoms with Gasteiger partial charge in [0.25, 0.3) is 11.5 Å². The Labute approximate surface area is 268 Å². The van der Waals surface area contributed by atoms with Gasteiger partial charge in [-0.1, -0.05) is 68.2 Å². The standard InChI is InChI=1S/C35H33N3O7S/c1-4-5-6-7-10-17-37-25-13-9-8-12-23(25)29(31(37)39)30-32(40)38-26(19-21(2)36-35(38)46-30)22-15-16-27(24(20-22)33(41)43-3)45-34(42)28-14-11-18-44-28/h8-9,11-16,18-20,26H,4-7,10,17H2,1-3H3/b30-29-. The number of hydrogen-bond acceptors (Lipinski definition) is 9. The second kappa shape index (κ2) is 13.1. The van der Waals surface area contributed by atoms with Crippen LogP contribution in [0.3, 0.4) is 0 Å². The van der Waals surface area contributed by atoms with Crippen LogP contribution in [0, 0.1) is 0 Å². The number of allylic oxidation sites excluding steroid dienone is 2. The third kappa shape index (κ3) is 5.74. The van der Waals surface area contributed by atoms with Gasteiger partial charge < -0.3 is 18.8 Å². The quantitative estimate of drug-likeness (QED) is 0.134. The number of carbonyl (C=O) groups excluding carboxylic acids is 3. The van der Waals surface area contributed by atoms with Crippen LogP contribution in [-0.4, -0.2) is 36.1 Å². The summed E-state index contributed by atoms with van der Waals surface area (Å²) < 4.78 is 17.4. The minimum Gasteiger partial charge on any atom is -0.465 e. The molecule has 0 saturated carbocycles. The Kier molecular flexibility index (Phi) is 8.85. The number of thiazole rings is 1. The number of hydrogen-bond donors (Lipinski definition) is 0. The number of ether oxygens (including phenoxy) is 2. The summed E-state index contributed by atoms with van der Waals surface area (Å²) in [6.07, 6.45) is 8.50. The summed E-state index contributed by atoms with van der Waals surface area (Å²) in [4.78, 5) is 60.4. The van der Waals surface area contributed by atoms with E-state index in [2.05, 4.69) is 11.9 Å². The topological polar surface area (TPSA) is 120 Å². The largest absolute Gasteiger partial charge is 0.465 e. The number of amides is 1. The Morgan fingerprint density at radius 1 is 1.00 bits per heavy atom. The molecule has 46 heavy (non-hydrogen) atoms. The molecular weight excluding hydrogens is 606 g/mol. The Hall–Kier alpha value is -5.03. The summed E-state index contributed by atoms with van der Waals surface area (Å²) in [5, 5.41) is 0. The van der Waals surface area contributed by atoms with Gasteiger partial charge in [0.05, 0.1) is 30.7 Å². The molecular formula is C35H33N3O7S. The molecule has 0 aliphatic carbocycles. The first-order chi connectivity index (χ1) is 22.3. The lowest BCUT2D eigenvalue weighted by Gasteiger charge is -2.19. The van der Waals surface area contributed by atoms with Crippen molar-refractivity contribution in [1.82, 2.24) is 4.57 Å². The lowest BCUT2D eigenvalue weighted by atomic mass is 10.0. The van der Waals surface area contributed by atoms with Crippen molar-refractivity contribution < 1.29 is 28.3 Å². The minimum atomic E-state index is -0.773. The number of rotatable bonds is 10. The normalized spacial score (nSPS) is 16.4. The van der Waals surface area contributed by atoms with Crippen molar-refractivity contribution in [2.24, 2.45) is 4.99 Å². The number of anilines is 1. The molecule has 4 aromatic rings. The molecule has 4 heterocycles. The number of nitrogens with zero attached hydrogens (tertiary/aromatic N) is 3. The Bertz CT molecular complexity index is 2040. The molecule has 1 unspecified atom stereocenters. The van der Waals surface area contributed by atoms with Crippen molar-refractivity contribution in [2.75, 3.05) is 18.6 Å². The Balaban J connectivity index is 1.41. The van der Waals surface area contributed by atoms with Gasteiger partial charge in [-0.15, -0.1) is 0 Å². The van der Waals surface area contributed by atoms with Crippen molar-refractivity contribution in [3.05, 3.63) is 115 Å². The highest BCUT2D eigenvalue weighted by Gasteiger charge is 2.34. The average molecular weight is 640 g/mol. The van der Waals surface area contributed by atoms with Gasteiger partial charge >= 0.3 is 11.9 Å². The van der Waals surface area contributed by atoms with Gasteiger partial charge in [0.1, 0.15) is 15.8 Å². The van der Waals surface area contributed by atoms with E-state index >= 15 is 0 Å². The van der Waals surface area contributed by atoms with Crippen molar-refractivity contribution >= 4 is 40.4 Å². The molecule has 0 bridgehead atoms. The van der Waals surface area contributed by atoms with Gasteiger partial charge in [0.15, 0.2) is 4.80 Å². The van der Waals surface area contributed by atoms with E-state index in [4.69, 9.17) is 13.9 Å². The van der Waals surface area contributed by atoms with Crippen molar-refractivity contribution in [3.63, 3.8) is 0 Å². The van der Waals surface area contributed by atoms with Crippen molar-refractivity contribution in [1.29, 1.82) is 0 Å². The Morgan fingerprint density at radius 3 is 2.57 bits per heavy atom. The highest BCUT2D eigenvalue weighted by molar-refractivity contribution is 7.07. The molecule has 11 heteroatoms. The van der Waals surface area contributed by atoms with Crippen LogP contribution in [-0.2, 0) is 9.53 Å². The van der Waals surface area contributed by atoms with E-state index in [0.29, 0.717) is 32.7 Å². The van der Waals surface area contributed by atoms with E-state index in [-0.39, 0.29) is 28.5 Å². The zero-order valence-corrected chi connectivity index (χ0v) is 26.6. The lowest BCUT2D eigenvalue weighted by molar-refractivity contribution is -0.113.